The van der Waals surface area contributed by atoms with Gasteiger partial charge < -0.3 is 20.3 Å². The smallest absolute Gasteiger partial charge is 0.305 e. The summed E-state index contributed by atoms with van der Waals surface area (Å²) in [5.74, 6) is -0.0264. The maximum Gasteiger partial charge on any atom is 0.305 e. The normalized spacial score (nSPS) is 12.6. The Morgan fingerprint density at radius 1 is 0.368 bits per heavy atom. The molecular weight excluding hydrogens is 935 g/mol. The second-order valence-corrected chi connectivity index (χ2v) is 23.9. The van der Waals surface area contributed by atoms with Gasteiger partial charge in [-0.05, 0) is 57.8 Å². The summed E-state index contributed by atoms with van der Waals surface area (Å²) in [6, 6.07) is -0.547. The number of rotatable bonds is 65. The van der Waals surface area contributed by atoms with Crippen molar-refractivity contribution in [2.75, 3.05) is 13.2 Å². The monoisotopic (exact) mass is 1070 g/mol. The molecular formula is C70H135NO5. The summed E-state index contributed by atoms with van der Waals surface area (Å²) in [5, 5.41) is 23.4. The highest BCUT2D eigenvalue weighted by Gasteiger charge is 2.20. The molecule has 0 saturated carbocycles. The van der Waals surface area contributed by atoms with Gasteiger partial charge >= 0.3 is 5.97 Å². The summed E-state index contributed by atoms with van der Waals surface area (Å²) in [5.41, 5.74) is 0. The molecule has 76 heavy (non-hydrogen) atoms. The average molecular weight is 1070 g/mol. The van der Waals surface area contributed by atoms with Crippen molar-refractivity contribution in [3.63, 3.8) is 0 Å². The lowest BCUT2D eigenvalue weighted by Gasteiger charge is -2.22. The number of hydrogen-bond acceptors (Lipinski definition) is 5. The fourth-order valence-electron chi connectivity index (χ4n) is 11.0. The first-order valence-electron chi connectivity index (χ1n) is 34.6. The first-order chi connectivity index (χ1) is 37.5. The van der Waals surface area contributed by atoms with Crippen molar-refractivity contribution < 1.29 is 24.5 Å². The number of unbranched alkanes of at least 4 members (excludes halogenated alkanes) is 50. The van der Waals surface area contributed by atoms with E-state index >= 15 is 0 Å². The van der Waals surface area contributed by atoms with E-state index in [2.05, 4.69) is 43.5 Å². The number of nitrogens with one attached hydrogen (secondary N) is 1. The van der Waals surface area contributed by atoms with E-state index in [-0.39, 0.29) is 18.5 Å². The summed E-state index contributed by atoms with van der Waals surface area (Å²) in [7, 11) is 0. The van der Waals surface area contributed by atoms with Gasteiger partial charge in [-0.1, -0.05) is 340 Å². The molecule has 0 aromatic heterocycles. The zero-order chi connectivity index (χ0) is 55.0. The number of allylic oxidation sites excluding steroid dienone is 4. The molecule has 0 aliphatic carbocycles. The number of amides is 1. The summed E-state index contributed by atoms with van der Waals surface area (Å²) < 4.78 is 5.47. The van der Waals surface area contributed by atoms with Crippen LogP contribution in [0, 0.1) is 0 Å². The van der Waals surface area contributed by atoms with Crippen molar-refractivity contribution in [2.24, 2.45) is 0 Å². The molecule has 0 spiro atoms. The van der Waals surface area contributed by atoms with Crippen molar-refractivity contribution in [3.8, 4) is 0 Å². The fraction of sp³-hybridized carbons (Fsp3) is 0.914. The Labute approximate surface area is 475 Å². The number of ether oxygens (including phenoxy) is 1. The largest absolute Gasteiger partial charge is 0.466 e. The molecule has 0 fully saturated rings. The molecule has 0 rings (SSSR count). The zero-order valence-electron chi connectivity index (χ0n) is 51.5. The number of esters is 1. The van der Waals surface area contributed by atoms with Crippen molar-refractivity contribution in [1.29, 1.82) is 0 Å². The van der Waals surface area contributed by atoms with Crippen LogP contribution in [0.3, 0.4) is 0 Å². The topological polar surface area (TPSA) is 95.9 Å². The van der Waals surface area contributed by atoms with Gasteiger partial charge in [0.1, 0.15) is 0 Å². The molecule has 450 valence electrons. The van der Waals surface area contributed by atoms with Gasteiger partial charge in [-0.3, -0.25) is 9.59 Å². The predicted molar refractivity (Wildman–Crippen MR) is 333 cm³/mol. The Morgan fingerprint density at radius 3 is 1.00 bits per heavy atom. The minimum Gasteiger partial charge on any atom is -0.466 e. The molecule has 2 atom stereocenters. The lowest BCUT2D eigenvalue weighted by molar-refractivity contribution is -0.143. The van der Waals surface area contributed by atoms with Gasteiger partial charge in [0.25, 0.3) is 0 Å². The first-order valence-corrected chi connectivity index (χ1v) is 34.6. The molecule has 6 heteroatoms. The van der Waals surface area contributed by atoms with Crippen LogP contribution in [0.5, 0.6) is 0 Å². The molecule has 0 aromatic rings. The van der Waals surface area contributed by atoms with E-state index in [4.69, 9.17) is 4.74 Å². The van der Waals surface area contributed by atoms with Gasteiger partial charge in [0, 0.05) is 12.8 Å². The van der Waals surface area contributed by atoms with Gasteiger partial charge in [0.15, 0.2) is 0 Å². The fourth-order valence-corrected chi connectivity index (χ4v) is 11.0. The second kappa shape index (κ2) is 65.9. The Kier molecular flexibility index (Phi) is 64.4. The van der Waals surface area contributed by atoms with E-state index in [1.807, 2.05) is 0 Å². The van der Waals surface area contributed by atoms with E-state index in [0.29, 0.717) is 25.9 Å². The lowest BCUT2D eigenvalue weighted by atomic mass is 10.0. The number of carbonyl (C=O) groups is 2. The SMILES string of the molecule is CCCCCCCCCCCCCCCCCCCCCCCCC(O)C(CO)NC(=O)CCCCCCCCCCC/C=C\C/C=C\CCCCCCCCCCCOC(=O)CCCCCCCCCCCCCC. The van der Waals surface area contributed by atoms with Crippen LogP contribution >= 0.6 is 0 Å². The third kappa shape index (κ3) is 61.6. The standard InChI is InChI=1S/C70H135NO5/c1-3-5-7-9-11-13-15-17-18-19-20-21-27-30-33-36-39-42-46-50-54-58-62-68(73)67(66-72)71-69(74)63-59-55-51-47-43-40-37-34-31-28-25-23-22-24-26-29-32-35-38-41-45-49-53-57-61-65-76-70(75)64-60-56-52-48-44-16-14-12-10-8-6-4-2/h23-26,67-68,72-73H,3-22,27-66H2,1-2H3,(H,71,74)/b25-23-,26-24-. The number of aliphatic hydroxyl groups excluding tert-OH is 2. The quantitative estimate of drug-likeness (QED) is 0.0320. The highest BCUT2D eigenvalue weighted by molar-refractivity contribution is 5.76. The average Bonchev–Trinajstić information content (AvgIpc) is 3.42. The highest BCUT2D eigenvalue weighted by Crippen LogP contribution is 2.19. The van der Waals surface area contributed by atoms with Crippen molar-refractivity contribution in [3.05, 3.63) is 24.3 Å². The summed E-state index contributed by atoms with van der Waals surface area (Å²) in [6.45, 7) is 4.98. The lowest BCUT2D eigenvalue weighted by Crippen LogP contribution is -2.45. The minimum absolute atomic E-state index is 0.0104. The third-order valence-corrected chi connectivity index (χ3v) is 16.3. The zero-order valence-corrected chi connectivity index (χ0v) is 51.5. The van der Waals surface area contributed by atoms with Crippen LogP contribution in [0.15, 0.2) is 24.3 Å². The molecule has 0 saturated heterocycles. The van der Waals surface area contributed by atoms with E-state index in [1.54, 1.807) is 0 Å². The molecule has 0 radical (unpaired) electrons. The first kappa shape index (κ1) is 74.3. The van der Waals surface area contributed by atoms with E-state index < -0.39 is 12.1 Å². The molecule has 1 amide bonds. The highest BCUT2D eigenvalue weighted by atomic mass is 16.5. The molecule has 0 heterocycles. The molecule has 6 nitrogen and oxygen atoms in total. The molecule has 3 N–H and O–H groups in total. The van der Waals surface area contributed by atoms with Crippen molar-refractivity contribution in [1.82, 2.24) is 5.32 Å². The number of carbonyl (C=O) groups excluding carboxylic acids is 2. The van der Waals surface area contributed by atoms with Crippen LogP contribution < -0.4 is 5.32 Å². The van der Waals surface area contributed by atoms with Crippen LogP contribution in [-0.2, 0) is 14.3 Å². The molecule has 0 aliphatic heterocycles. The number of hydrogen-bond donors (Lipinski definition) is 3. The Morgan fingerprint density at radius 2 is 0.658 bits per heavy atom. The van der Waals surface area contributed by atoms with Gasteiger partial charge in [0.05, 0.1) is 25.4 Å². The van der Waals surface area contributed by atoms with Crippen LogP contribution in [0.25, 0.3) is 0 Å². The maximum atomic E-state index is 12.5. The molecule has 0 aliphatic rings. The summed E-state index contributed by atoms with van der Waals surface area (Å²) in [4.78, 5) is 24.6. The maximum absolute atomic E-state index is 12.5. The predicted octanol–water partition coefficient (Wildman–Crippen LogP) is 22.1. The summed E-state index contributed by atoms with van der Waals surface area (Å²) >= 11 is 0. The minimum atomic E-state index is -0.669. The van der Waals surface area contributed by atoms with Gasteiger partial charge in [-0.25, -0.2) is 0 Å². The second-order valence-electron chi connectivity index (χ2n) is 23.9. The van der Waals surface area contributed by atoms with Crippen LogP contribution in [0.4, 0.5) is 0 Å². The Balaban J connectivity index is 3.43. The Bertz CT molecular complexity index is 1190. The molecule has 2 unspecified atom stereocenters. The van der Waals surface area contributed by atoms with E-state index in [1.165, 1.54) is 308 Å². The Hall–Kier alpha value is -1.66. The van der Waals surface area contributed by atoms with Gasteiger partial charge in [-0.2, -0.15) is 0 Å². The van der Waals surface area contributed by atoms with Crippen molar-refractivity contribution in [2.45, 2.75) is 398 Å². The van der Waals surface area contributed by atoms with Crippen LogP contribution in [-0.4, -0.2) is 47.4 Å². The van der Waals surface area contributed by atoms with E-state index in [9.17, 15) is 19.8 Å². The molecule has 0 aromatic carbocycles. The van der Waals surface area contributed by atoms with Crippen LogP contribution in [0.2, 0.25) is 0 Å². The van der Waals surface area contributed by atoms with Crippen molar-refractivity contribution >= 4 is 11.9 Å². The molecule has 0 bridgehead atoms. The summed E-state index contributed by atoms with van der Waals surface area (Å²) in [6.07, 6.45) is 82.1. The third-order valence-electron chi connectivity index (χ3n) is 16.3. The number of aliphatic hydroxyl groups is 2. The van der Waals surface area contributed by atoms with Gasteiger partial charge in [-0.15, -0.1) is 0 Å². The van der Waals surface area contributed by atoms with Gasteiger partial charge in [0.2, 0.25) is 5.91 Å². The van der Waals surface area contributed by atoms with Crippen LogP contribution in [0.1, 0.15) is 386 Å². The van der Waals surface area contributed by atoms with E-state index in [0.717, 1.165) is 44.9 Å².